The second-order valence-corrected chi connectivity index (χ2v) is 6.14. The smallest absolute Gasteiger partial charge is 0.175 e. The number of carbonyl (C=O) groups excluding carboxylic acids is 1. The summed E-state index contributed by atoms with van der Waals surface area (Å²) in [6, 6.07) is 6.76. The summed E-state index contributed by atoms with van der Waals surface area (Å²) in [6.07, 6.45) is 0.983. The van der Waals surface area contributed by atoms with Crippen LogP contribution in [0.3, 0.4) is 0 Å². The van der Waals surface area contributed by atoms with Crippen molar-refractivity contribution >= 4 is 28.2 Å². The molecule has 2 atom stereocenters. The van der Waals surface area contributed by atoms with Gasteiger partial charge in [0.25, 0.3) is 0 Å². The molecule has 17 heavy (non-hydrogen) atoms. The van der Waals surface area contributed by atoms with Crippen LogP contribution in [-0.2, 0) is 10.8 Å². The highest BCUT2D eigenvalue weighted by atomic mass is 35.5. The van der Waals surface area contributed by atoms with Gasteiger partial charge in [-0.05, 0) is 18.1 Å². The van der Waals surface area contributed by atoms with E-state index in [1.54, 1.807) is 24.3 Å². The molecule has 1 rings (SSSR count). The predicted octanol–water partition coefficient (Wildman–Crippen LogP) is 3.32. The van der Waals surface area contributed by atoms with E-state index in [1.165, 1.54) is 0 Å². The average Bonchev–Trinajstić information content (AvgIpc) is 2.28. The number of hydrogen-bond acceptors (Lipinski definition) is 2. The van der Waals surface area contributed by atoms with Crippen LogP contribution in [0.4, 0.5) is 0 Å². The lowest BCUT2D eigenvalue weighted by Gasteiger charge is -2.07. The molecular formula is C13H17ClO2S. The van der Waals surface area contributed by atoms with Crippen molar-refractivity contribution in [3.63, 3.8) is 0 Å². The zero-order chi connectivity index (χ0) is 12.8. The normalized spacial score (nSPS) is 14.3. The first-order chi connectivity index (χ1) is 8.02. The SMILES string of the molecule is CCC(C)CS(=O)CC(=O)c1cccc(Cl)c1. The molecule has 4 heteroatoms. The lowest BCUT2D eigenvalue weighted by atomic mass is 10.1. The summed E-state index contributed by atoms with van der Waals surface area (Å²) in [5.74, 6) is 0.963. The van der Waals surface area contributed by atoms with E-state index in [1.807, 2.05) is 6.92 Å². The second-order valence-electron chi connectivity index (χ2n) is 4.20. The largest absolute Gasteiger partial charge is 0.293 e. The van der Waals surface area contributed by atoms with Gasteiger partial charge >= 0.3 is 0 Å². The summed E-state index contributed by atoms with van der Waals surface area (Å²) >= 11 is 5.80. The van der Waals surface area contributed by atoms with Gasteiger partial charge in [0.2, 0.25) is 0 Å². The Morgan fingerprint density at radius 1 is 1.47 bits per heavy atom. The van der Waals surface area contributed by atoms with Gasteiger partial charge in [-0.15, -0.1) is 0 Å². The first-order valence-corrected chi connectivity index (χ1v) is 7.53. The highest BCUT2D eigenvalue weighted by Gasteiger charge is 2.12. The quantitative estimate of drug-likeness (QED) is 0.745. The monoisotopic (exact) mass is 272 g/mol. The summed E-state index contributed by atoms with van der Waals surface area (Å²) in [5.41, 5.74) is 0.537. The third kappa shape index (κ3) is 5.00. The molecule has 0 heterocycles. The molecule has 0 spiro atoms. The summed E-state index contributed by atoms with van der Waals surface area (Å²) in [7, 11) is -1.08. The Bertz CT molecular complexity index is 418. The Kier molecular flexibility index (Phi) is 5.86. The fourth-order valence-corrected chi connectivity index (χ4v) is 3.02. The second kappa shape index (κ2) is 6.92. The van der Waals surface area contributed by atoms with Crippen LogP contribution in [0.1, 0.15) is 30.6 Å². The minimum atomic E-state index is -1.08. The van der Waals surface area contributed by atoms with Gasteiger partial charge in [0, 0.05) is 27.1 Å². The average molecular weight is 273 g/mol. The fourth-order valence-electron chi connectivity index (χ4n) is 1.39. The van der Waals surface area contributed by atoms with Gasteiger partial charge in [-0.25, -0.2) is 0 Å². The summed E-state index contributed by atoms with van der Waals surface area (Å²) in [5, 5.41) is 0.531. The van der Waals surface area contributed by atoms with Crippen LogP contribution < -0.4 is 0 Å². The molecular weight excluding hydrogens is 256 g/mol. The van der Waals surface area contributed by atoms with Gasteiger partial charge in [0.1, 0.15) is 0 Å². The molecule has 94 valence electrons. The van der Waals surface area contributed by atoms with Crippen LogP contribution >= 0.6 is 11.6 Å². The van der Waals surface area contributed by atoms with Crippen molar-refractivity contribution in [2.75, 3.05) is 11.5 Å². The van der Waals surface area contributed by atoms with Crippen molar-refractivity contribution in [3.05, 3.63) is 34.9 Å². The van der Waals surface area contributed by atoms with Crippen molar-refractivity contribution in [2.24, 2.45) is 5.92 Å². The highest BCUT2D eigenvalue weighted by molar-refractivity contribution is 7.85. The van der Waals surface area contributed by atoms with Crippen LogP contribution in [-0.4, -0.2) is 21.5 Å². The highest BCUT2D eigenvalue weighted by Crippen LogP contribution is 2.12. The Morgan fingerprint density at radius 3 is 2.76 bits per heavy atom. The van der Waals surface area contributed by atoms with Gasteiger partial charge in [-0.3, -0.25) is 9.00 Å². The van der Waals surface area contributed by atoms with Crippen molar-refractivity contribution in [1.82, 2.24) is 0 Å². The number of benzene rings is 1. The molecule has 0 saturated carbocycles. The topological polar surface area (TPSA) is 34.1 Å². The maximum absolute atomic E-state index is 11.8. The first kappa shape index (κ1) is 14.4. The van der Waals surface area contributed by atoms with Crippen molar-refractivity contribution in [1.29, 1.82) is 0 Å². The molecule has 1 aromatic carbocycles. The van der Waals surface area contributed by atoms with E-state index >= 15 is 0 Å². The van der Waals surface area contributed by atoms with Crippen molar-refractivity contribution in [2.45, 2.75) is 20.3 Å². The molecule has 0 aliphatic rings. The standard InChI is InChI=1S/C13H17ClO2S/c1-3-10(2)8-17(16)9-13(15)11-5-4-6-12(14)7-11/h4-7,10H,3,8-9H2,1-2H3. The van der Waals surface area contributed by atoms with Gasteiger partial charge < -0.3 is 0 Å². The third-order valence-electron chi connectivity index (χ3n) is 2.61. The van der Waals surface area contributed by atoms with Gasteiger partial charge in [0.15, 0.2) is 5.78 Å². The molecule has 0 saturated heterocycles. The molecule has 0 radical (unpaired) electrons. The number of ketones is 1. The predicted molar refractivity (Wildman–Crippen MR) is 73.1 cm³/mol. The molecule has 0 aliphatic heterocycles. The molecule has 2 nitrogen and oxygen atoms in total. The van der Waals surface area contributed by atoms with E-state index < -0.39 is 10.8 Å². The molecule has 0 fully saturated rings. The van der Waals surface area contributed by atoms with E-state index in [2.05, 4.69) is 6.92 Å². The molecule has 0 aliphatic carbocycles. The molecule has 2 unspecified atom stereocenters. The zero-order valence-corrected chi connectivity index (χ0v) is 11.7. The van der Waals surface area contributed by atoms with Crippen LogP contribution in [0.25, 0.3) is 0 Å². The zero-order valence-electron chi connectivity index (χ0n) is 10.1. The van der Waals surface area contributed by atoms with Gasteiger partial charge in [-0.2, -0.15) is 0 Å². The molecule has 0 bridgehead atoms. The van der Waals surface area contributed by atoms with Crippen molar-refractivity contribution in [3.8, 4) is 0 Å². The van der Waals surface area contributed by atoms with E-state index in [0.29, 0.717) is 22.3 Å². The Hall–Kier alpha value is -0.670. The van der Waals surface area contributed by atoms with Crippen LogP contribution in [0.15, 0.2) is 24.3 Å². The summed E-state index contributed by atoms with van der Waals surface area (Å²) in [6.45, 7) is 4.10. The van der Waals surface area contributed by atoms with Gasteiger partial charge in [0.05, 0.1) is 5.75 Å². The van der Waals surface area contributed by atoms with E-state index in [4.69, 9.17) is 11.6 Å². The Labute approximate surface area is 110 Å². The molecule has 1 aromatic rings. The first-order valence-electron chi connectivity index (χ1n) is 5.66. The van der Waals surface area contributed by atoms with Crippen LogP contribution in [0, 0.1) is 5.92 Å². The minimum Gasteiger partial charge on any atom is -0.293 e. The van der Waals surface area contributed by atoms with Crippen molar-refractivity contribution < 1.29 is 9.00 Å². The lowest BCUT2D eigenvalue weighted by molar-refractivity contribution is 0.102. The van der Waals surface area contributed by atoms with E-state index in [-0.39, 0.29) is 11.5 Å². The fraction of sp³-hybridized carbons (Fsp3) is 0.462. The third-order valence-corrected chi connectivity index (χ3v) is 4.37. The van der Waals surface area contributed by atoms with Crippen LogP contribution in [0.5, 0.6) is 0 Å². The number of Topliss-reactive ketones (excluding diaryl/α,β-unsaturated/α-hetero) is 1. The van der Waals surface area contributed by atoms with E-state index in [9.17, 15) is 9.00 Å². The number of halogens is 1. The maximum Gasteiger partial charge on any atom is 0.175 e. The van der Waals surface area contributed by atoms with E-state index in [0.717, 1.165) is 6.42 Å². The van der Waals surface area contributed by atoms with Crippen LogP contribution in [0.2, 0.25) is 5.02 Å². The molecule has 0 aromatic heterocycles. The molecule has 0 N–H and O–H groups in total. The Morgan fingerprint density at radius 2 is 2.18 bits per heavy atom. The number of hydrogen-bond donors (Lipinski definition) is 0. The lowest BCUT2D eigenvalue weighted by Crippen LogP contribution is -2.16. The van der Waals surface area contributed by atoms with Gasteiger partial charge in [-0.1, -0.05) is 44.0 Å². The number of rotatable bonds is 6. The summed E-state index contributed by atoms with van der Waals surface area (Å²) < 4.78 is 11.7. The Balaban J connectivity index is 2.58. The number of carbonyl (C=O) groups is 1. The molecule has 0 amide bonds. The summed E-state index contributed by atoms with van der Waals surface area (Å²) in [4.78, 5) is 11.8. The minimum absolute atomic E-state index is 0.0880. The maximum atomic E-state index is 11.8.